The first-order valence-electron chi connectivity index (χ1n) is 5.06. The lowest BCUT2D eigenvalue weighted by Crippen LogP contribution is -2.38. The normalized spacial score (nSPS) is 11.6. The molecule has 1 aromatic rings. The van der Waals surface area contributed by atoms with E-state index in [1.165, 1.54) is 0 Å². The van der Waals surface area contributed by atoms with E-state index in [-0.39, 0.29) is 0 Å². The molecule has 0 spiro atoms. The van der Waals surface area contributed by atoms with Crippen LogP contribution < -0.4 is 4.90 Å². The third-order valence-electron chi connectivity index (χ3n) is 2.54. The van der Waals surface area contributed by atoms with Crippen LogP contribution in [0.4, 0.5) is 5.69 Å². The molecule has 0 saturated carbocycles. The Hall–Kier alpha value is -2.02. The predicted molar refractivity (Wildman–Crippen MR) is 61.3 cm³/mol. The maximum atomic E-state index is 11.0. The number of hydrogen-bond donors (Lipinski definition) is 1. The van der Waals surface area contributed by atoms with E-state index in [0.29, 0.717) is 17.7 Å². The van der Waals surface area contributed by atoms with Crippen LogP contribution in [0.15, 0.2) is 24.3 Å². The second kappa shape index (κ2) is 5.17. The number of carboxylic acid groups (broad SMARTS) is 1. The second-order valence-electron chi connectivity index (χ2n) is 3.50. The Morgan fingerprint density at radius 2 is 2.19 bits per heavy atom. The van der Waals surface area contributed by atoms with Gasteiger partial charge < -0.3 is 10.0 Å². The molecule has 0 amide bonds. The van der Waals surface area contributed by atoms with Gasteiger partial charge in [-0.05, 0) is 18.6 Å². The fourth-order valence-corrected chi connectivity index (χ4v) is 1.66. The van der Waals surface area contributed by atoms with E-state index in [2.05, 4.69) is 6.07 Å². The smallest absolute Gasteiger partial charge is 0.326 e. The van der Waals surface area contributed by atoms with Crippen molar-refractivity contribution in [1.82, 2.24) is 0 Å². The van der Waals surface area contributed by atoms with Gasteiger partial charge in [0, 0.05) is 7.05 Å². The number of likely N-dealkylation sites (N-methyl/N-ethyl adjacent to an activating group) is 1. The Morgan fingerprint density at radius 1 is 1.56 bits per heavy atom. The van der Waals surface area contributed by atoms with Crippen molar-refractivity contribution in [2.24, 2.45) is 0 Å². The second-order valence-corrected chi connectivity index (χ2v) is 3.50. The number of carboxylic acids is 1. The number of nitriles is 1. The van der Waals surface area contributed by atoms with Crippen molar-refractivity contribution < 1.29 is 9.90 Å². The number of aliphatic carboxylic acids is 1. The topological polar surface area (TPSA) is 64.3 Å². The summed E-state index contributed by atoms with van der Waals surface area (Å²) >= 11 is 0. The zero-order chi connectivity index (χ0) is 12.1. The molecule has 1 aromatic carbocycles. The summed E-state index contributed by atoms with van der Waals surface area (Å²) in [5.74, 6) is -0.877. The van der Waals surface area contributed by atoms with Crippen LogP contribution in [0.2, 0.25) is 0 Å². The monoisotopic (exact) mass is 218 g/mol. The van der Waals surface area contributed by atoms with Crippen LogP contribution in [0.1, 0.15) is 18.9 Å². The summed E-state index contributed by atoms with van der Waals surface area (Å²) in [5, 5.41) is 18.0. The molecule has 0 fully saturated rings. The van der Waals surface area contributed by atoms with Crippen LogP contribution >= 0.6 is 0 Å². The summed E-state index contributed by atoms with van der Waals surface area (Å²) in [4.78, 5) is 12.6. The van der Waals surface area contributed by atoms with Crippen molar-refractivity contribution in [3.05, 3.63) is 29.8 Å². The van der Waals surface area contributed by atoms with Gasteiger partial charge >= 0.3 is 5.97 Å². The van der Waals surface area contributed by atoms with Crippen LogP contribution in [-0.4, -0.2) is 24.2 Å². The number of hydrogen-bond acceptors (Lipinski definition) is 3. The van der Waals surface area contributed by atoms with Crippen molar-refractivity contribution in [2.45, 2.75) is 19.4 Å². The molecule has 0 heterocycles. The fourth-order valence-electron chi connectivity index (χ4n) is 1.66. The summed E-state index contributed by atoms with van der Waals surface area (Å²) in [6.45, 7) is 1.81. The highest BCUT2D eigenvalue weighted by atomic mass is 16.4. The van der Waals surface area contributed by atoms with E-state index in [4.69, 9.17) is 10.4 Å². The van der Waals surface area contributed by atoms with E-state index < -0.39 is 12.0 Å². The van der Waals surface area contributed by atoms with E-state index in [9.17, 15) is 4.79 Å². The molecule has 1 rings (SSSR count). The lowest BCUT2D eigenvalue weighted by atomic mass is 10.1. The van der Waals surface area contributed by atoms with Gasteiger partial charge in [-0.1, -0.05) is 19.1 Å². The highest BCUT2D eigenvalue weighted by Gasteiger charge is 2.22. The van der Waals surface area contributed by atoms with Crippen LogP contribution in [-0.2, 0) is 4.79 Å². The first-order valence-corrected chi connectivity index (χ1v) is 5.06. The van der Waals surface area contributed by atoms with E-state index >= 15 is 0 Å². The van der Waals surface area contributed by atoms with Crippen molar-refractivity contribution in [3.8, 4) is 6.07 Å². The molecule has 0 aromatic heterocycles. The van der Waals surface area contributed by atoms with Crippen molar-refractivity contribution in [3.63, 3.8) is 0 Å². The maximum absolute atomic E-state index is 11.0. The number of benzene rings is 1. The van der Waals surface area contributed by atoms with Gasteiger partial charge in [0.25, 0.3) is 0 Å². The Morgan fingerprint density at radius 3 is 2.69 bits per heavy atom. The standard InChI is InChI=1S/C12H14N2O2/c1-3-10(12(15)16)14(2)11-7-5-4-6-9(11)8-13/h4-7,10H,3H2,1-2H3,(H,15,16). The van der Waals surface area contributed by atoms with Crippen molar-refractivity contribution in [2.75, 3.05) is 11.9 Å². The minimum atomic E-state index is -0.877. The summed E-state index contributed by atoms with van der Waals surface area (Å²) in [6.07, 6.45) is 0.492. The first kappa shape index (κ1) is 12.1. The third kappa shape index (κ3) is 2.31. The largest absolute Gasteiger partial charge is 0.480 e. The minimum Gasteiger partial charge on any atom is -0.480 e. The molecule has 0 saturated heterocycles. The average molecular weight is 218 g/mol. The minimum absolute atomic E-state index is 0.490. The van der Waals surface area contributed by atoms with Crippen LogP contribution in [0, 0.1) is 11.3 Å². The number of anilines is 1. The summed E-state index contributed by atoms with van der Waals surface area (Å²) in [7, 11) is 1.69. The molecular formula is C12H14N2O2. The highest BCUT2D eigenvalue weighted by molar-refractivity contribution is 5.79. The van der Waals surface area contributed by atoms with Crippen LogP contribution in [0.5, 0.6) is 0 Å². The van der Waals surface area contributed by atoms with Crippen molar-refractivity contribution >= 4 is 11.7 Å². The van der Waals surface area contributed by atoms with Gasteiger partial charge in [0.1, 0.15) is 12.1 Å². The molecule has 4 nitrogen and oxygen atoms in total. The quantitative estimate of drug-likeness (QED) is 0.837. The number of nitrogens with zero attached hydrogens (tertiary/aromatic N) is 2. The molecule has 1 atom stereocenters. The molecule has 16 heavy (non-hydrogen) atoms. The molecule has 4 heteroatoms. The predicted octanol–water partition coefficient (Wildman–Crippen LogP) is 1.86. The molecular weight excluding hydrogens is 204 g/mol. The lowest BCUT2D eigenvalue weighted by Gasteiger charge is -2.26. The molecule has 0 aliphatic rings. The molecule has 0 aliphatic heterocycles. The van der Waals surface area contributed by atoms with Crippen molar-refractivity contribution in [1.29, 1.82) is 5.26 Å². The average Bonchev–Trinajstić information content (AvgIpc) is 2.29. The van der Waals surface area contributed by atoms with Crippen LogP contribution in [0.25, 0.3) is 0 Å². The lowest BCUT2D eigenvalue weighted by molar-refractivity contribution is -0.138. The summed E-state index contributed by atoms with van der Waals surface area (Å²) in [5.41, 5.74) is 1.14. The Balaban J connectivity index is 3.08. The van der Waals surface area contributed by atoms with Crippen LogP contribution in [0.3, 0.4) is 0 Å². The van der Waals surface area contributed by atoms with Gasteiger partial charge in [-0.3, -0.25) is 0 Å². The van der Waals surface area contributed by atoms with E-state index in [0.717, 1.165) is 0 Å². The SMILES string of the molecule is CCC(C(=O)O)N(C)c1ccccc1C#N. The van der Waals surface area contributed by atoms with Gasteiger partial charge in [-0.15, -0.1) is 0 Å². The molecule has 0 aliphatic carbocycles. The van der Waals surface area contributed by atoms with Gasteiger partial charge in [-0.2, -0.15) is 5.26 Å². The Bertz CT molecular complexity index is 423. The number of rotatable bonds is 4. The zero-order valence-corrected chi connectivity index (χ0v) is 9.34. The molecule has 84 valence electrons. The molecule has 0 bridgehead atoms. The summed E-state index contributed by atoms with van der Waals surface area (Å²) in [6, 6.07) is 8.45. The number of carbonyl (C=O) groups is 1. The third-order valence-corrected chi connectivity index (χ3v) is 2.54. The van der Waals surface area contributed by atoms with Gasteiger partial charge in [-0.25, -0.2) is 4.79 Å². The first-order chi connectivity index (χ1) is 7.61. The molecule has 1 unspecified atom stereocenters. The van der Waals surface area contributed by atoms with Gasteiger partial charge in [0.2, 0.25) is 0 Å². The number of para-hydroxylation sites is 1. The Labute approximate surface area is 94.7 Å². The zero-order valence-electron chi connectivity index (χ0n) is 9.34. The maximum Gasteiger partial charge on any atom is 0.326 e. The van der Waals surface area contributed by atoms with Gasteiger partial charge in [0.05, 0.1) is 11.3 Å². The molecule has 1 N–H and O–H groups in total. The van der Waals surface area contributed by atoms with Gasteiger partial charge in [0.15, 0.2) is 0 Å². The Kier molecular flexibility index (Phi) is 3.90. The van der Waals surface area contributed by atoms with E-state index in [1.54, 1.807) is 36.2 Å². The van der Waals surface area contributed by atoms with E-state index in [1.807, 2.05) is 6.92 Å². The summed E-state index contributed by atoms with van der Waals surface area (Å²) < 4.78 is 0. The molecule has 0 radical (unpaired) electrons. The fraction of sp³-hybridized carbons (Fsp3) is 0.333. The highest BCUT2D eigenvalue weighted by Crippen LogP contribution is 2.21.